The van der Waals surface area contributed by atoms with E-state index < -0.39 is 0 Å². The number of nitrogens with one attached hydrogen (secondary N) is 1. The Morgan fingerprint density at radius 1 is 1.04 bits per heavy atom. The first-order valence-corrected chi connectivity index (χ1v) is 8.57. The standard InChI is InChI=1S/C22H22N2O/c25-22(13-12-19-8-2-1-3-9-19)23-15-6-7-16-24-17-14-20-10-4-5-11-21(20)18-24/h1-5,8-13H,14-18H2,(H,23,25)/b13-12+. The minimum Gasteiger partial charge on any atom is -0.342 e. The molecule has 0 spiro atoms. The largest absolute Gasteiger partial charge is 0.342 e. The Balaban J connectivity index is 1.39. The fourth-order valence-electron chi connectivity index (χ4n) is 2.85. The van der Waals surface area contributed by atoms with Gasteiger partial charge in [-0.2, -0.15) is 0 Å². The molecule has 0 saturated carbocycles. The van der Waals surface area contributed by atoms with Crippen LogP contribution in [0.3, 0.4) is 0 Å². The first-order chi connectivity index (χ1) is 12.3. The van der Waals surface area contributed by atoms with Crippen LogP contribution < -0.4 is 5.32 Å². The Bertz CT molecular complexity index is 800. The van der Waals surface area contributed by atoms with Crippen molar-refractivity contribution in [3.8, 4) is 11.8 Å². The van der Waals surface area contributed by atoms with Gasteiger partial charge in [-0.3, -0.25) is 9.69 Å². The first-order valence-electron chi connectivity index (χ1n) is 8.57. The average molecular weight is 330 g/mol. The highest BCUT2D eigenvalue weighted by atomic mass is 16.1. The summed E-state index contributed by atoms with van der Waals surface area (Å²) >= 11 is 0. The maximum atomic E-state index is 11.7. The fraction of sp³-hybridized carbons (Fsp3) is 0.227. The first kappa shape index (κ1) is 17.0. The van der Waals surface area contributed by atoms with Crippen LogP contribution in [0.4, 0.5) is 0 Å². The third-order valence-corrected chi connectivity index (χ3v) is 4.22. The molecule has 3 heteroatoms. The smallest absolute Gasteiger partial charge is 0.244 e. The molecule has 0 radical (unpaired) electrons. The molecular formula is C22H22N2O. The molecular weight excluding hydrogens is 308 g/mol. The van der Waals surface area contributed by atoms with Gasteiger partial charge in [-0.25, -0.2) is 0 Å². The number of carbonyl (C=O) groups excluding carboxylic acids is 1. The monoisotopic (exact) mass is 330 g/mol. The van der Waals surface area contributed by atoms with Crippen LogP contribution in [0.1, 0.15) is 16.7 Å². The highest BCUT2D eigenvalue weighted by Crippen LogP contribution is 2.17. The molecule has 1 aliphatic heterocycles. The SMILES string of the molecule is O=C(/C=C/c1ccccc1)NCC#CCN1CCc2ccccc2C1. The Kier molecular flexibility index (Phi) is 6.03. The second kappa shape index (κ2) is 8.86. The normalized spacial score (nSPS) is 13.8. The quantitative estimate of drug-likeness (QED) is 0.691. The maximum Gasteiger partial charge on any atom is 0.244 e. The summed E-state index contributed by atoms with van der Waals surface area (Å²) in [7, 11) is 0. The number of rotatable bonds is 4. The van der Waals surface area contributed by atoms with Crippen LogP contribution in [0.15, 0.2) is 60.7 Å². The van der Waals surface area contributed by atoms with Gasteiger partial charge in [0.2, 0.25) is 5.91 Å². The Hall–Kier alpha value is -2.83. The van der Waals surface area contributed by atoms with Crippen molar-refractivity contribution in [3.05, 3.63) is 77.4 Å². The number of hydrogen-bond acceptors (Lipinski definition) is 2. The molecule has 0 aliphatic carbocycles. The molecule has 2 aromatic carbocycles. The van der Waals surface area contributed by atoms with Crippen molar-refractivity contribution in [2.75, 3.05) is 19.6 Å². The molecule has 0 unspecified atom stereocenters. The molecule has 2 aromatic rings. The number of nitrogens with zero attached hydrogens (tertiary/aromatic N) is 1. The van der Waals surface area contributed by atoms with Crippen LogP contribution in [0.2, 0.25) is 0 Å². The van der Waals surface area contributed by atoms with E-state index in [1.165, 1.54) is 11.1 Å². The molecule has 0 atom stereocenters. The lowest BCUT2D eigenvalue weighted by atomic mass is 10.0. The van der Waals surface area contributed by atoms with Crippen molar-refractivity contribution in [1.82, 2.24) is 10.2 Å². The van der Waals surface area contributed by atoms with Gasteiger partial charge in [-0.05, 0) is 29.2 Å². The molecule has 1 heterocycles. The molecule has 0 aromatic heterocycles. The van der Waals surface area contributed by atoms with Crippen molar-refractivity contribution in [3.63, 3.8) is 0 Å². The maximum absolute atomic E-state index is 11.7. The van der Waals surface area contributed by atoms with E-state index in [2.05, 4.69) is 46.3 Å². The third kappa shape index (κ3) is 5.34. The van der Waals surface area contributed by atoms with Crippen LogP contribution in [-0.2, 0) is 17.8 Å². The summed E-state index contributed by atoms with van der Waals surface area (Å²) < 4.78 is 0. The Morgan fingerprint density at radius 3 is 2.64 bits per heavy atom. The highest BCUT2D eigenvalue weighted by molar-refractivity contribution is 5.91. The Morgan fingerprint density at radius 2 is 1.80 bits per heavy atom. The lowest BCUT2D eigenvalue weighted by molar-refractivity contribution is -0.116. The lowest BCUT2D eigenvalue weighted by Crippen LogP contribution is -2.30. The zero-order valence-corrected chi connectivity index (χ0v) is 14.2. The fourth-order valence-corrected chi connectivity index (χ4v) is 2.85. The number of carbonyl (C=O) groups is 1. The summed E-state index contributed by atoms with van der Waals surface area (Å²) in [5.41, 5.74) is 3.85. The summed E-state index contributed by atoms with van der Waals surface area (Å²) in [6.07, 6.45) is 4.42. The molecule has 0 fully saturated rings. The molecule has 1 aliphatic rings. The third-order valence-electron chi connectivity index (χ3n) is 4.22. The number of hydrogen-bond donors (Lipinski definition) is 1. The van der Waals surface area contributed by atoms with Crippen molar-refractivity contribution in [2.45, 2.75) is 13.0 Å². The van der Waals surface area contributed by atoms with Gasteiger partial charge in [-0.15, -0.1) is 0 Å². The van der Waals surface area contributed by atoms with Gasteiger partial charge >= 0.3 is 0 Å². The number of benzene rings is 2. The molecule has 3 nitrogen and oxygen atoms in total. The zero-order chi connectivity index (χ0) is 17.3. The Labute approximate surface area is 149 Å². The van der Waals surface area contributed by atoms with E-state index in [-0.39, 0.29) is 5.91 Å². The summed E-state index contributed by atoms with van der Waals surface area (Å²) in [5, 5.41) is 2.79. The van der Waals surface area contributed by atoms with Gasteiger partial charge in [0.15, 0.2) is 0 Å². The molecule has 0 bridgehead atoms. The van der Waals surface area contributed by atoms with Crippen LogP contribution in [0, 0.1) is 11.8 Å². The summed E-state index contributed by atoms with van der Waals surface area (Å²) in [6, 6.07) is 18.3. The van der Waals surface area contributed by atoms with Gasteiger partial charge in [0.05, 0.1) is 13.1 Å². The number of fused-ring (bicyclic) bond motifs is 1. The summed E-state index contributed by atoms with van der Waals surface area (Å²) in [4.78, 5) is 14.1. The topological polar surface area (TPSA) is 32.3 Å². The predicted molar refractivity (Wildman–Crippen MR) is 102 cm³/mol. The van der Waals surface area contributed by atoms with Crippen LogP contribution in [0.25, 0.3) is 6.08 Å². The van der Waals surface area contributed by atoms with Gasteiger partial charge in [0, 0.05) is 19.2 Å². The zero-order valence-electron chi connectivity index (χ0n) is 14.2. The van der Waals surface area contributed by atoms with Crippen LogP contribution >= 0.6 is 0 Å². The molecule has 25 heavy (non-hydrogen) atoms. The van der Waals surface area contributed by atoms with E-state index in [1.54, 1.807) is 12.2 Å². The van der Waals surface area contributed by atoms with E-state index in [1.807, 2.05) is 30.3 Å². The van der Waals surface area contributed by atoms with Gasteiger partial charge < -0.3 is 5.32 Å². The van der Waals surface area contributed by atoms with Crippen LogP contribution in [0.5, 0.6) is 0 Å². The second-order valence-corrected chi connectivity index (χ2v) is 6.04. The van der Waals surface area contributed by atoms with Crippen molar-refractivity contribution >= 4 is 12.0 Å². The van der Waals surface area contributed by atoms with E-state index >= 15 is 0 Å². The minimum atomic E-state index is -0.120. The van der Waals surface area contributed by atoms with E-state index in [9.17, 15) is 4.79 Å². The number of amides is 1. The second-order valence-electron chi connectivity index (χ2n) is 6.04. The van der Waals surface area contributed by atoms with Gasteiger partial charge in [0.1, 0.15) is 0 Å². The molecule has 1 N–H and O–H groups in total. The van der Waals surface area contributed by atoms with E-state index in [0.29, 0.717) is 6.54 Å². The summed E-state index contributed by atoms with van der Waals surface area (Å²) in [6.45, 7) is 3.11. The van der Waals surface area contributed by atoms with E-state index in [4.69, 9.17) is 0 Å². The van der Waals surface area contributed by atoms with E-state index in [0.717, 1.165) is 31.6 Å². The molecule has 1 amide bonds. The highest BCUT2D eigenvalue weighted by Gasteiger charge is 2.13. The molecule has 3 rings (SSSR count). The molecule has 0 saturated heterocycles. The minimum absolute atomic E-state index is 0.120. The molecule has 126 valence electrons. The predicted octanol–water partition coefficient (Wildman–Crippen LogP) is 2.88. The average Bonchev–Trinajstić information content (AvgIpc) is 2.67. The lowest BCUT2D eigenvalue weighted by Gasteiger charge is -2.26. The van der Waals surface area contributed by atoms with Crippen molar-refractivity contribution in [2.24, 2.45) is 0 Å². The van der Waals surface area contributed by atoms with Gasteiger partial charge in [0.25, 0.3) is 0 Å². The van der Waals surface area contributed by atoms with Crippen molar-refractivity contribution in [1.29, 1.82) is 0 Å². The van der Waals surface area contributed by atoms with Crippen LogP contribution in [-0.4, -0.2) is 30.4 Å². The van der Waals surface area contributed by atoms with Gasteiger partial charge in [-0.1, -0.05) is 66.4 Å². The summed E-state index contributed by atoms with van der Waals surface area (Å²) in [5.74, 6) is 6.06. The van der Waals surface area contributed by atoms with Crippen molar-refractivity contribution < 1.29 is 4.79 Å².